The van der Waals surface area contributed by atoms with Crippen LogP contribution in [0.3, 0.4) is 0 Å². The van der Waals surface area contributed by atoms with E-state index in [1.807, 2.05) is 38.1 Å². The second kappa shape index (κ2) is 11.3. The zero-order valence-electron chi connectivity index (χ0n) is 23.7. The molecule has 0 unspecified atom stereocenters. The molecule has 0 aliphatic carbocycles. The Kier molecular flexibility index (Phi) is 8.29. The number of anilines is 3. The largest absolute Gasteiger partial charge is 0.414 e. The number of benzene rings is 1. The van der Waals surface area contributed by atoms with Crippen molar-refractivity contribution in [2.75, 3.05) is 37.4 Å². The number of amides is 1. The van der Waals surface area contributed by atoms with Gasteiger partial charge in [-0.25, -0.2) is 4.98 Å². The highest BCUT2D eigenvalue weighted by atomic mass is 28.2. The molecule has 0 saturated carbocycles. The van der Waals surface area contributed by atoms with Crippen molar-refractivity contribution >= 4 is 32.9 Å². The van der Waals surface area contributed by atoms with Crippen molar-refractivity contribution in [2.24, 2.45) is 7.05 Å². The van der Waals surface area contributed by atoms with Gasteiger partial charge in [0, 0.05) is 49.3 Å². The third kappa shape index (κ3) is 6.76. The number of pyridine rings is 2. The fourth-order valence-corrected chi connectivity index (χ4v) is 5.52. The Hall–Kier alpha value is -3.47. The van der Waals surface area contributed by atoms with E-state index in [1.54, 1.807) is 34.8 Å². The summed E-state index contributed by atoms with van der Waals surface area (Å²) in [5, 5.41) is 3.27. The Balaban J connectivity index is 1.64. The summed E-state index contributed by atoms with van der Waals surface area (Å²) in [5.74, 6) is 0.388. The molecule has 1 aromatic carbocycles. The summed E-state index contributed by atoms with van der Waals surface area (Å²) in [4.78, 5) is 32.0. The third-order valence-electron chi connectivity index (χ3n) is 6.63. The lowest BCUT2D eigenvalue weighted by molar-refractivity contribution is 0.0302. The van der Waals surface area contributed by atoms with Gasteiger partial charge in [-0.05, 0) is 48.7 Å². The first-order valence-electron chi connectivity index (χ1n) is 13.2. The molecule has 2 aromatic heterocycles. The van der Waals surface area contributed by atoms with E-state index in [1.165, 1.54) is 6.20 Å². The highest BCUT2D eigenvalue weighted by Gasteiger charge is 2.29. The van der Waals surface area contributed by atoms with Gasteiger partial charge in [0.05, 0.1) is 24.4 Å². The maximum Gasteiger partial charge on any atom is 0.274 e. The molecule has 1 aliphatic rings. The molecule has 3 N–H and O–H groups in total. The van der Waals surface area contributed by atoms with E-state index in [-0.39, 0.29) is 16.5 Å². The summed E-state index contributed by atoms with van der Waals surface area (Å²) >= 11 is 0. The number of aryl methyl sites for hydroxylation is 1. The number of hydrogen-bond acceptors (Lipinski definition) is 7. The van der Waals surface area contributed by atoms with Gasteiger partial charge in [0.1, 0.15) is 11.5 Å². The first kappa shape index (κ1) is 28.5. The van der Waals surface area contributed by atoms with E-state index >= 15 is 0 Å². The average Bonchev–Trinajstić information content (AvgIpc) is 2.90. The number of aromatic nitrogens is 2. The van der Waals surface area contributed by atoms with Crippen LogP contribution in [0.4, 0.5) is 17.2 Å². The minimum atomic E-state index is -0.852. The molecule has 3 aromatic rings. The highest BCUT2D eigenvalue weighted by molar-refractivity contribution is 6.31. The highest BCUT2D eigenvalue weighted by Crippen LogP contribution is 2.39. The maximum absolute atomic E-state index is 13.1. The van der Waals surface area contributed by atoms with Crippen molar-refractivity contribution in [3.05, 3.63) is 70.3 Å². The number of nitrogens with one attached hydrogen (secondary N) is 1. The SMILES string of the molecule is Cn1cc(-c2cccc(N)c2C(C)(C)O[SiH2]C(C)(C)C)cc(Nc2ccc(C(=O)N3CCOCC3)cn2)c1=O. The lowest BCUT2D eigenvalue weighted by Crippen LogP contribution is -2.40. The van der Waals surface area contributed by atoms with Gasteiger partial charge in [-0.15, -0.1) is 0 Å². The second-order valence-corrected chi connectivity index (χ2v) is 14.3. The van der Waals surface area contributed by atoms with Gasteiger partial charge in [-0.1, -0.05) is 32.9 Å². The summed E-state index contributed by atoms with van der Waals surface area (Å²) in [5.41, 5.74) is 9.84. The smallest absolute Gasteiger partial charge is 0.274 e. The molecule has 1 amide bonds. The van der Waals surface area contributed by atoms with Gasteiger partial charge in [0.15, 0.2) is 9.76 Å². The summed E-state index contributed by atoms with van der Waals surface area (Å²) in [6, 6.07) is 11.0. The van der Waals surface area contributed by atoms with Crippen LogP contribution in [0.5, 0.6) is 0 Å². The summed E-state index contributed by atoms with van der Waals surface area (Å²) in [6.45, 7) is 12.9. The standard InChI is InChI=1S/C29H39N5O4Si/c1-28(2,3)39-38-29(4,5)25-21(8-7-9-22(25)30)20-16-23(27(36)33(6)18-20)32-24-11-10-19(17-31-24)26(35)34-12-14-37-15-13-34/h7-11,16-18H,12-15,30,39H2,1-6H3,(H,31,32). The number of ether oxygens (including phenoxy) is 1. The van der Waals surface area contributed by atoms with E-state index < -0.39 is 15.4 Å². The Morgan fingerprint density at radius 3 is 2.49 bits per heavy atom. The van der Waals surface area contributed by atoms with Crippen LogP contribution in [-0.2, 0) is 21.8 Å². The minimum Gasteiger partial charge on any atom is -0.414 e. The molecule has 208 valence electrons. The summed E-state index contributed by atoms with van der Waals surface area (Å²) < 4.78 is 13.4. The average molecular weight is 550 g/mol. The topological polar surface area (TPSA) is 112 Å². The number of nitrogens with two attached hydrogens (primary N) is 1. The van der Waals surface area contributed by atoms with Crippen molar-refractivity contribution in [2.45, 2.75) is 45.3 Å². The Morgan fingerprint density at radius 1 is 1.13 bits per heavy atom. The fourth-order valence-electron chi connectivity index (χ4n) is 4.58. The predicted octanol–water partition coefficient (Wildman–Crippen LogP) is 3.80. The first-order chi connectivity index (χ1) is 18.4. The van der Waals surface area contributed by atoms with Crippen molar-refractivity contribution in [3.63, 3.8) is 0 Å². The van der Waals surface area contributed by atoms with E-state index in [0.717, 1.165) is 16.7 Å². The number of hydrogen-bond donors (Lipinski definition) is 2. The molecule has 4 rings (SSSR count). The zero-order chi connectivity index (χ0) is 28.4. The number of carbonyl (C=O) groups is 1. The number of rotatable bonds is 7. The van der Waals surface area contributed by atoms with Crippen LogP contribution >= 0.6 is 0 Å². The molecule has 39 heavy (non-hydrogen) atoms. The van der Waals surface area contributed by atoms with Crippen LogP contribution in [0.15, 0.2) is 53.6 Å². The van der Waals surface area contributed by atoms with Crippen LogP contribution < -0.4 is 16.6 Å². The van der Waals surface area contributed by atoms with Crippen molar-refractivity contribution in [3.8, 4) is 11.1 Å². The third-order valence-corrected chi connectivity index (χ3v) is 8.36. The number of morpholine rings is 1. The Labute approximate surface area is 232 Å². The predicted molar refractivity (Wildman–Crippen MR) is 158 cm³/mol. The van der Waals surface area contributed by atoms with E-state index in [0.29, 0.717) is 49.1 Å². The quantitative estimate of drug-likeness (QED) is 0.341. The second-order valence-electron chi connectivity index (χ2n) is 11.6. The molecule has 1 aliphatic heterocycles. The lowest BCUT2D eigenvalue weighted by atomic mass is 9.88. The Morgan fingerprint density at radius 2 is 1.85 bits per heavy atom. The molecule has 10 heteroatoms. The van der Waals surface area contributed by atoms with Crippen molar-refractivity contribution in [1.82, 2.24) is 14.5 Å². The van der Waals surface area contributed by atoms with Crippen LogP contribution in [0.2, 0.25) is 5.04 Å². The van der Waals surface area contributed by atoms with E-state index in [4.69, 9.17) is 14.9 Å². The van der Waals surface area contributed by atoms with Crippen molar-refractivity contribution in [1.29, 1.82) is 0 Å². The summed E-state index contributed by atoms with van der Waals surface area (Å²) in [6.07, 6.45) is 3.34. The van der Waals surface area contributed by atoms with Gasteiger partial charge in [0.2, 0.25) is 0 Å². The van der Waals surface area contributed by atoms with Crippen molar-refractivity contribution < 1.29 is 14.0 Å². The monoisotopic (exact) mass is 549 g/mol. The molecule has 1 saturated heterocycles. The minimum absolute atomic E-state index is 0.0798. The molecule has 1 fully saturated rings. The molecule has 9 nitrogen and oxygen atoms in total. The molecular formula is C29H39N5O4Si. The van der Waals surface area contributed by atoms with Crippen LogP contribution in [0.1, 0.15) is 50.5 Å². The number of nitrogen functional groups attached to an aromatic ring is 1. The van der Waals surface area contributed by atoms with Gasteiger partial charge in [-0.2, -0.15) is 0 Å². The number of nitrogens with zero attached hydrogens (tertiary/aromatic N) is 3. The van der Waals surface area contributed by atoms with Crippen LogP contribution in [0.25, 0.3) is 11.1 Å². The van der Waals surface area contributed by atoms with E-state index in [9.17, 15) is 9.59 Å². The maximum atomic E-state index is 13.1. The van der Waals surface area contributed by atoms with Gasteiger partial charge >= 0.3 is 0 Å². The summed E-state index contributed by atoms with van der Waals surface area (Å²) in [7, 11) is 0.865. The lowest BCUT2D eigenvalue weighted by Gasteiger charge is -2.33. The van der Waals surface area contributed by atoms with Crippen LogP contribution in [0, 0.1) is 0 Å². The first-order valence-corrected chi connectivity index (χ1v) is 14.5. The van der Waals surface area contributed by atoms with Gasteiger partial charge in [-0.3, -0.25) is 9.59 Å². The van der Waals surface area contributed by atoms with E-state index in [2.05, 4.69) is 31.1 Å². The molecule has 0 atom stereocenters. The molecule has 3 heterocycles. The molecule has 0 spiro atoms. The molecule has 0 bridgehead atoms. The van der Waals surface area contributed by atoms with Gasteiger partial charge < -0.3 is 29.7 Å². The van der Waals surface area contributed by atoms with Gasteiger partial charge in [0.25, 0.3) is 11.5 Å². The normalized spacial score (nSPS) is 14.7. The zero-order valence-corrected chi connectivity index (χ0v) is 25.1. The Bertz CT molecular complexity index is 1390. The molecule has 0 radical (unpaired) electrons. The fraction of sp³-hybridized carbons (Fsp3) is 0.414. The molecular weight excluding hydrogens is 510 g/mol. The number of carbonyl (C=O) groups excluding carboxylic acids is 1. The van der Waals surface area contributed by atoms with Crippen LogP contribution in [-0.4, -0.2) is 56.4 Å².